The van der Waals surface area contributed by atoms with Crippen molar-refractivity contribution in [1.29, 1.82) is 0 Å². The van der Waals surface area contributed by atoms with Crippen molar-refractivity contribution >= 4 is 5.91 Å². The Kier molecular flexibility index (Phi) is 4.91. The van der Waals surface area contributed by atoms with Gasteiger partial charge in [-0.25, -0.2) is 4.39 Å². The monoisotopic (exact) mass is 264 g/mol. The van der Waals surface area contributed by atoms with Crippen LogP contribution in [0, 0.1) is 11.7 Å². The number of halogens is 1. The maximum Gasteiger partial charge on any atom is 0.237 e. The van der Waals surface area contributed by atoms with Crippen molar-refractivity contribution < 1.29 is 9.18 Å². The van der Waals surface area contributed by atoms with Gasteiger partial charge in [0.1, 0.15) is 5.82 Å². The average Bonchev–Trinajstić information content (AvgIpc) is 2.45. The van der Waals surface area contributed by atoms with Crippen molar-refractivity contribution in [2.45, 2.75) is 38.8 Å². The van der Waals surface area contributed by atoms with Crippen molar-refractivity contribution in [3.63, 3.8) is 0 Å². The maximum atomic E-state index is 13.0. The van der Waals surface area contributed by atoms with Crippen LogP contribution in [0.2, 0.25) is 0 Å². The first-order valence-electron chi connectivity index (χ1n) is 6.94. The fourth-order valence-electron chi connectivity index (χ4n) is 2.53. The van der Waals surface area contributed by atoms with E-state index in [4.69, 9.17) is 0 Å². The standard InChI is InChI=1S/C15H21FN2O/c1-2-11-6-7-17-14(9-11)15(19)18-10-12-4-3-5-13(16)8-12/h3-5,8,11,14,17H,2,6-7,9-10H2,1H3,(H,18,19). The van der Waals surface area contributed by atoms with Crippen LogP contribution < -0.4 is 10.6 Å². The molecule has 1 aliphatic rings. The predicted octanol–water partition coefficient (Wildman–Crippen LogP) is 2.22. The molecule has 0 aliphatic carbocycles. The highest BCUT2D eigenvalue weighted by atomic mass is 19.1. The summed E-state index contributed by atoms with van der Waals surface area (Å²) < 4.78 is 13.0. The Morgan fingerprint density at radius 3 is 3.11 bits per heavy atom. The van der Waals surface area contributed by atoms with Crippen molar-refractivity contribution in [2.75, 3.05) is 6.54 Å². The van der Waals surface area contributed by atoms with Gasteiger partial charge in [0.05, 0.1) is 6.04 Å². The van der Waals surface area contributed by atoms with Gasteiger partial charge < -0.3 is 10.6 Å². The van der Waals surface area contributed by atoms with Gasteiger partial charge in [-0.2, -0.15) is 0 Å². The molecule has 1 fully saturated rings. The number of hydrogen-bond donors (Lipinski definition) is 2. The first-order chi connectivity index (χ1) is 9.19. The second-order valence-corrected chi connectivity index (χ2v) is 5.15. The number of piperidine rings is 1. The molecule has 2 unspecified atom stereocenters. The fraction of sp³-hybridized carbons (Fsp3) is 0.533. The third kappa shape index (κ3) is 4.03. The van der Waals surface area contributed by atoms with Gasteiger partial charge in [-0.1, -0.05) is 25.5 Å². The Hall–Kier alpha value is -1.42. The third-order valence-corrected chi connectivity index (χ3v) is 3.76. The summed E-state index contributed by atoms with van der Waals surface area (Å²) in [6.45, 7) is 3.44. The largest absolute Gasteiger partial charge is 0.351 e. The van der Waals surface area contributed by atoms with E-state index in [1.54, 1.807) is 6.07 Å². The highest BCUT2D eigenvalue weighted by Gasteiger charge is 2.25. The summed E-state index contributed by atoms with van der Waals surface area (Å²) in [6, 6.07) is 6.21. The molecular weight excluding hydrogens is 243 g/mol. The summed E-state index contributed by atoms with van der Waals surface area (Å²) in [5, 5.41) is 6.12. The van der Waals surface area contributed by atoms with Crippen LogP contribution in [0.4, 0.5) is 4.39 Å². The Balaban J connectivity index is 1.84. The number of carbonyl (C=O) groups excluding carboxylic acids is 1. The Labute approximate surface area is 113 Å². The Morgan fingerprint density at radius 2 is 2.37 bits per heavy atom. The lowest BCUT2D eigenvalue weighted by molar-refractivity contribution is -0.124. The molecule has 2 rings (SSSR count). The minimum Gasteiger partial charge on any atom is -0.351 e. The summed E-state index contributed by atoms with van der Waals surface area (Å²) in [5.74, 6) is 0.377. The molecule has 1 saturated heterocycles. The summed E-state index contributed by atoms with van der Waals surface area (Å²) in [6.07, 6.45) is 3.16. The van der Waals surface area contributed by atoms with Crippen molar-refractivity contribution in [2.24, 2.45) is 5.92 Å². The summed E-state index contributed by atoms with van der Waals surface area (Å²) in [5.41, 5.74) is 0.788. The number of benzene rings is 1. The second-order valence-electron chi connectivity index (χ2n) is 5.15. The van der Waals surface area contributed by atoms with E-state index < -0.39 is 0 Å². The molecule has 0 aromatic heterocycles. The fourth-order valence-corrected chi connectivity index (χ4v) is 2.53. The van der Waals surface area contributed by atoms with Crippen LogP contribution in [0.25, 0.3) is 0 Å². The molecule has 1 amide bonds. The highest BCUT2D eigenvalue weighted by Crippen LogP contribution is 2.19. The van der Waals surface area contributed by atoms with Gasteiger partial charge in [0.25, 0.3) is 0 Å². The van der Waals surface area contributed by atoms with E-state index in [0.29, 0.717) is 12.5 Å². The van der Waals surface area contributed by atoms with E-state index in [9.17, 15) is 9.18 Å². The van der Waals surface area contributed by atoms with Crippen LogP contribution in [-0.4, -0.2) is 18.5 Å². The zero-order valence-electron chi connectivity index (χ0n) is 11.3. The normalized spacial score (nSPS) is 23.1. The van der Waals surface area contributed by atoms with Crippen LogP contribution in [0.5, 0.6) is 0 Å². The molecule has 4 heteroatoms. The highest BCUT2D eigenvalue weighted by molar-refractivity contribution is 5.81. The van der Waals surface area contributed by atoms with Gasteiger partial charge in [0.15, 0.2) is 0 Å². The van der Waals surface area contributed by atoms with Crippen LogP contribution >= 0.6 is 0 Å². The molecular formula is C15H21FN2O. The van der Waals surface area contributed by atoms with E-state index in [1.807, 2.05) is 6.07 Å². The first kappa shape index (κ1) is 14.0. The van der Waals surface area contributed by atoms with Gasteiger partial charge in [0.2, 0.25) is 5.91 Å². The lowest BCUT2D eigenvalue weighted by Crippen LogP contribution is -2.48. The van der Waals surface area contributed by atoms with Gasteiger partial charge >= 0.3 is 0 Å². The van der Waals surface area contributed by atoms with Gasteiger partial charge in [-0.3, -0.25) is 4.79 Å². The second kappa shape index (κ2) is 6.66. The van der Waals surface area contributed by atoms with Crippen molar-refractivity contribution in [1.82, 2.24) is 10.6 Å². The lowest BCUT2D eigenvalue weighted by atomic mass is 9.90. The van der Waals surface area contributed by atoms with E-state index in [2.05, 4.69) is 17.6 Å². The molecule has 1 aliphatic heterocycles. The van der Waals surface area contributed by atoms with Crippen molar-refractivity contribution in [3.8, 4) is 0 Å². The van der Waals surface area contributed by atoms with Crippen LogP contribution in [0.1, 0.15) is 31.7 Å². The lowest BCUT2D eigenvalue weighted by Gasteiger charge is -2.28. The van der Waals surface area contributed by atoms with Crippen LogP contribution in [0.15, 0.2) is 24.3 Å². The summed E-state index contributed by atoms with van der Waals surface area (Å²) in [4.78, 5) is 12.1. The molecule has 19 heavy (non-hydrogen) atoms. The van der Waals surface area contributed by atoms with Gasteiger partial charge in [-0.15, -0.1) is 0 Å². The number of hydrogen-bond acceptors (Lipinski definition) is 2. The molecule has 0 radical (unpaired) electrons. The minimum absolute atomic E-state index is 0.0161. The molecule has 3 nitrogen and oxygen atoms in total. The topological polar surface area (TPSA) is 41.1 Å². The Morgan fingerprint density at radius 1 is 1.53 bits per heavy atom. The first-order valence-corrected chi connectivity index (χ1v) is 6.94. The number of rotatable bonds is 4. The zero-order chi connectivity index (χ0) is 13.7. The SMILES string of the molecule is CCC1CCNC(C(=O)NCc2cccc(F)c2)C1. The van der Waals surface area contributed by atoms with Crippen LogP contribution in [-0.2, 0) is 11.3 Å². The zero-order valence-corrected chi connectivity index (χ0v) is 11.3. The molecule has 2 atom stereocenters. The van der Waals surface area contributed by atoms with Crippen LogP contribution in [0.3, 0.4) is 0 Å². The molecule has 1 aromatic rings. The summed E-state index contributed by atoms with van der Waals surface area (Å²) >= 11 is 0. The van der Waals surface area contributed by atoms with E-state index in [-0.39, 0.29) is 17.8 Å². The number of carbonyl (C=O) groups is 1. The summed E-state index contributed by atoms with van der Waals surface area (Å²) in [7, 11) is 0. The van der Waals surface area contributed by atoms with Gasteiger partial charge in [0, 0.05) is 6.54 Å². The van der Waals surface area contributed by atoms with E-state index >= 15 is 0 Å². The minimum atomic E-state index is -0.270. The molecule has 0 bridgehead atoms. The molecule has 1 aromatic carbocycles. The molecule has 104 valence electrons. The average molecular weight is 264 g/mol. The number of nitrogens with one attached hydrogen (secondary N) is 2. The molecule has 0 spiro atoms. The predicted molar refractivity (Wildman–Crippen MR) is 73.1 cm³/mol. The van der Waals surface area contributed by atoms with Crippen molar-refractivity contribution in [3.05, 3.63) is 35.6 Å². The van der Waals surface area contributed by atoms with E-state index in [1.165, 1.54) is 12.1 Å². The molecule has 0 saturated carbocycles. The molecule has 2 N–H and O–H groups in total. The maximum absolute atomic E-state index is 13.0. The van der Waals surface area contributed by atoms with E-state index in [0.717, 1.165) is 31.4 Å². The quantitative estimate of drug-likeness (QED) is 0.875. The molecule has 1 heterocycles. The van der Waals surface area contributed by atoms with Gasteiger partial charge in [-0.05, 0) is 43.0 Å². The smallest absolute Gasteiger partial charge is 0.237 e. The number of amides is 1. The Bertz CT molecular complexity index is 436. The third-order valence-electron chi connectivity index (χ3n) is 3.76.